The largest absolute Gasteiger partial charge is 0.393 e. The van der Waals surface area contributed by atoms with Crippen molar-refractivity contribution in [2.75, 3.05) is 0 Å². The Balaban J connectivity index is 1.67. The molecule has 0 radical (unpaired) electrons. The van der Waals surface area contributed by atoms with Crippen molar-refractivity contribution in [3.05, 3.63) is 6.42 Å². The molecule has 1 saturated carbocycles. The van der Waals surface area contributed by atoms with Gasteiger partial charge in [-0.05, 0) is 76.0 Å². The molecule has 0 aromatic heterocycles. The molecule has 1 aliphatic carbocycles. The molecule has 0 aromatic rings. The highest BCUT2D eigenvalue weighted by Gasteiger charge is 2.46. The molecule has 2 fully saturated rings. The molecule has 2 rings (SSSR count). The van der Waals surface area contributed by atoms with Gasteiger partial charge in [0.15, 0.2) is 0 Å². The Morgan fingerprint density at radius 1 is 1.13 bits per heavy atom. The monoisotopic (exact) mass is 423 g/mol. The molecule has 30 heavy (non-hydrogen) atoms. The van der Waals surface area contributed by atoms with E-state index in [0.29, 0.717) is 29.8 Å². The molecule has 0 bridgehead atoms. The summed E-state index contributed by atoms with van der Waals surface area (Å²) in [5.41, 5.74) is -0.485. The van der Waals surface area contributed by atoms with Gasteiger partial charge in [-0.3, -0.25) is 0 Å². The molecular weight excluding hydrogens is 372 g/mol. The van der Waals surface area contributed by atoms with Crippen molar-refractivity contribution in [1.82, 2.24) is 0 Å². The number of hydrogen-bond donors (Lipinski definition) is 2. The van der Waals surface area contributed by atoms with Gasteiger partial charge in [-0.25, -0.2) is 0 Å². The number of aliphatic hydroxyl groups excluding tert-OH is 1. The lowest BCUT2D eigenvalue weighted by molar-refractivity contribution is -0.200. The van der Waals surface area contributed by atoms with Gasteiger partial charge in [-0.15, -0.1) is 0 Å². The van der Waals surface area contributed by atoms with Gasteiger partial charge < -0.3 is 21.4 Å². The third-order valence-corrected chi connectivity index (χ3v) is 8.45. The third-order valence-electron chi connectivity index (χ3n) is 8.45. The van der Waals surface area contributed by atoms with Crippen molar-refractivity contribution in [2.45, 2.75) is 142 Å². The second kappa shape index (κ2) is 11.7. The fourth-order valence-corrected chi connectivity index (χ4v) is 5.90. The van der Waals surface area contributed by atoms with Crippen molar-refractivity contribution >= 4 is 0 Å². The first-order chi connectivity index (χ1) is 14.1. The van der Waals surface area contributed by atoms with E-state index in [2.05, 4.69) is 41.0 Å². The lowest BCUT2D eigenvalue weighted by Gasteiger charge is -2.51. The Bertz CT molecular complexity index is 488. The second-order valence-electron chi connectivity index (χ2n) is 11.5. The summed E-state index contributed by atoms with van der Waals surface area (Å²) in [6.07, 6.45) is 15.6. The Morgan fingerprint density at radius 2 is 1.80 bits per heavy atom. The van der Waals surface area contributed by atoms with E-state index in [1.165, 1.54) is 25.7 Å². The van der Waals surface area contributed by atoms with Gasteiger partial charge in [0, 0.05) is 0 Å². The maximum Gasteiger partial charge on any atom is 0.0658 e. The summed E-state index contributed by atoms with van der Waals surface area (Å²) < 4.78 is 6.72. The first kappa shape index (κ1) is 26.1. The van der Waals surface area contributed by atoms with Crippen LogP contribution >= 0.6 is 0 Å². The number of unbranched alkanes of at least 4 members (excludes halogenated alkanes) is 2. The highest BCUT2D eigenvalue weighted by molar-refractivity contribution is 4.95. The van der Waals surface area contributed by atoms with Crippen LogP contribution in [0.15, 0.2) is 0 Å². The van der Waals surface area contributed by atoms with Crippen LogP contribution in [0.25, 0.3) is 0 Å². The van der Waals surface area contributed by atoms with E-state index in [4.69, 9.17) is 4.74 Å². The third kappa shape index (κ3) is 7.78. The molecule has 8 unspecified atom stereocenters. The zero-order valence-electron chi connectivity index (χ0n) is 20.8. The lowest BCUT2D eigenvalue weighted by Crippen LogP contribution is -2.52. The molecule has 0 spiro atoms. The van der Waals surface area contributed by atoms with E-state index in [9.17, 15) is 10.2 Å². The number of ether oxygens (including phenoxy) is 1. The standard InChI is InChI=1S/C27H51O3/c1-7-8-9-15-26(5,29)16-10-12-20(2)13-11-17-27(6)18-14-23-19-24(28)21(3)22(4)25(23)30-27/h7,20-25,28-29H,8-19H2,1-6H3/q-1. The second-order valence-corrected chi connectivity index (χ2v) is 11.5. The summed E-state index contributed by atoms with van der Waals surface area (Å²) in [6, 6.07) is 0. The van der Waals surface area contributed by atoms with Crippen LogP contribution in [0.1, 0.15) is 119 Å². The average molecular weight is 424 g/mol. The molecule has 3 heteroatoms. The molecule has 1 saturated heterocycles. The average Bonchev–Trinajstić information content (AvgIpc) is 2.67. The maximum absolute atomic E-state index is 10.5. The molecule has 178 valence electrons. The van der Waals surface area contributed by atoms with Crippen LogP contribution in [-0.2, 0) is 4.74 Å². The van der Waals surface area contributed by atoms with Crippen LogP contribution < -0.4 is 0 Å². The van der Waals surface area contributed by atoms with E-state index in [-0.39, 0.29) is 11.7 Å². The first-order valence-electron chi connectivity index (χ1n) is 12.9. The number of rotatable bonds is 12. The van der Waals surface area contributed by atoms with Gasteiger partial charge >= 0.3 is 0 Å². The Hall–Kier alpha value is -0.120. The number of fused-ring (bicyclic) bond motifs is 1. The smallest absolute Gasteiger partial charge is 0.0658 e. The van der Waals surface area contributed by atoms with Crippen molar-refractivity contribution in [2.24, 2.45) is 23.7 Å². The topological polar surface area (TPSA) is 49.7 Å². The van der Waals surface area contributed by atoms with Gasteiger partial charge in [0.05, 0.1) is 23.4 Å². The Kier molecular flexibility index (Phi) is 10.2. The molecule has 8 atom stereocenters. The van der Waals surface area contributed by atoms with Crippen molar-refractivity contribution in [3.63, 3.8) is 0 Å². The fourth-order valence-electron chi connectivity index (χ4n) is 5.90. The summed E-state index contributed by atoms with van der Waals surface area (Å²) in [7, 11) is 0. The van der Waals surface area contributed by atoms with Crippen LogP contribution in [0.5, 0.6) is 0 Å². The quantitative estimate of drug-likeness (QED) is 0.271. The summed E-state index contributed by atoms with van der Waals surface area (Å²) >= 11 is 0. The maximum atomic E-state index is 10.5. The van der Waals surface area contributed by atoms with Crippen LogP contribution in [-0.4, -0.2) is 33.6 Å². The van der Waals surface area contributed by atoms with Gasteiger partial charge in [-0.1, -0.05) is 52.9 Å². The van der Waals surface area contributed by atoms with E-state index in [1.54, 1.807) is 0 Å². The molecule has 0 aromatic carbocycles. The van der Waals surface area contributed by atoms with Gasteiger partial charge in [0.1, 0.15) is 0 Å². The van der Waals surface area contributed by atoms with Gasteiger partial charge in [-0.2, -0.15) is 13.3 Å². The van der Waals surface area contributed by atoms with Crippen LogP contribution in [0.3, 0.4) is 0 Å². The predicted molar refractivity (Wildman–Crippen MR) is 126 cm³/mol. The van der Waals surface area contributed by atoms with E-state index < -0.39 is 5.60 Å². The Labute approximate surface area is 187 Å². The van der Waals surface area contributed by atoms with E-state index in [0.717, 1.165) is 51.4 Å². The zero-order chi connectivity index (χ0) is 22.4. The number of hydrogen-bond acceptors (Lipinski definition) is 3. The summed E-state index contributed by atoms with van der Waals surface area (Å²) in [5, 5.41) is 20.9. The molecular formula is C27H51O3-. The highest BCUT2D eigenvalue weighted by atomic mass is 16.5. The number of aliphatic hydroxyl groups is 2. The zero-order valence-corrected chi connectivity index (χ0v) is 20.8. The molecule has 2 N–H and O–H groups in total. The Morgan fingerprint density at radius 3 is 2.50 bits per heavy atom. The minimum Gasteiger partial charge on any atom is -0.393 e. The van der Waals surface area contributed by atoms with Crippen molar-refractivity contribution in [1.29, 1.82) is 0 Å². The SMILES string of the molecule is C[CH-]CCCC(C)(O)CCCC(C)CCCC1(C)CCC2CC(O)C(C)C(C)C2O1. The lowest BCUT2D eigenvalue weighted by atomic mass is 9.67. The molecule has 3 nitrogen and oxygen atoms in total. The van der Waals surface area contributed by atoms with E-state index in [1.807, 2.05) is 6.92 Å². The van der Waals surface area contributed by atoms with Crippen molar-refractivity contribution in [3.8, 4) is 0 Å². The fraction of sp³-hybridized carbons (Fsp3) is 0.963. The van der Waals surface area contributed by atoms with Gasteiger partial charge in [0.2, 0.25) is 0 Å². The van der Waals surface area contributed by atoms with Crippen LogP contribution in [0.4, 0.5) is 0 Å². The molecule has 1 aliphatic heterocycles. The molecule has 2 aliphatic rings. The first-order valence-corrected chi connectivity index (χ1v) is 12.9. The van der Waals surface area contributed by atoms with E-state index >= 15 is 0 Å². The molecule has 0 amide bonds. The minimum absolute atomic E-state index is 0.0110. The predicted octanol–water partition coefficient (Wildman–Crippen LogP) is 6.70. The summed E-state index contributed by atoms with van der Waals surface area (Å²) in [5.74, 6) is 2.04. The summed E-state index contributed by atoms with van der Waals surface area (Å²) in [6.45, 7) is 13.2. The van der Waals surface area contributed by atoms with Crippen LogP contribution in [0, 0.1) is 30.1 Å². The van der Waals surface area contributed by atoms with Gasteiger partial charge in [0.25, 0.3) is 0 Å². The molecule has 1 heterocycles. The van der Waals surface area contributed by atoms with Crippen LogP contribution in [0.2, 0.25) is 0 Å². The minimum atomic E-state index is -0.496. The highest BCUT2D eigenvalue weighted by Crippen LogP contribution is 2.46. The normalized spacial score (nSPS) is 37.4. The van der Waals surface area contributed by atoms with Crippen molar-refractivity contribution < 1.29 is 14.9 Å². The summed E-state index contributed by atoms with van der Waals surface area (Å²) in [4.78, 5) is 0.